The number of benzene rings is 1. The number of rotatable bonds is 2. The van der Waals surface area contributed by atoms with Gasteiger partial charge in [-0.25, -0.2) is 4.79 Å². The Balaban J connectivity index is 2.91. The summed E-state index contributed by atoms with van der Waals surface area (Å²) in [5.74, 6) is -0.00570. The Morgan fingerprint density at radius 2 is 1.93 bits per heavy atom. The Kier molecular flexibility index (Phi) is 3.75. The number of hydrogen-bond acceptors (Lipinski definition) is 2. The van der Waals surface area contributed by atoms with Gasteiger partial charge in [0.25, 0.3) is 0 Å². The summed E-state index contributed by atoms with van der Waals surface area (Å²) in [5, 5.41) is 0. The van der Waals surface area contributed by atoms with Crippen LogP contribution in [-0.4, -0.2) is 11.6 Å². The molecule has 0 aliphatic heterocycles. The van der Waals surface area contributed by atoms with Crippen molar-refractivity contribution < 1.29 is 9.53 Å². The Morgan fingerprint density at radius 1 is 1.33 bits per heavy atom. The fourth-order valence-electron chi connectivity index (χ4n) is 1.17. The third kappa shape index (κ3) is 3.56. The molecule has 0 heterocycles. The van der Waals surface area contributed by atoms with Gasteiger partial charge in [0.2, 0.25) is 0 Å². The summed E-state index contributed by atoms with van der Waals surface area (Å²) in [6, 6.07) is 7.21. The van der Waals surface area contributed by atoms with Crippen LogP contribution in [0.3, 0.4) is 0 Å². The van der Waals surface area contributed by atoms with Crippen molar-refractivity contribution >= 4 is 17.6 Å². The summed E-state index contributed by atoms with van der Waals surface area (Å²) in [4.78, 5) is 11.8. The minimum absolute atomic E-state index is 0.315. The maximum absolute atomic E-state index is 11.8. The molecule has 0 aliphatic rings. The maximum Gasteiger partial charge on any atom is 0.338 e. The normalized spacial score (nSPS) is 11.2. The van der Waals surface area contributed by atoms with E-state index in [2.05, 4.69) is 0 Å². The topological polar surface area (TPSA) is 26.3 Å². The van der Waals surface area contributed by atoms with Gasteiger partial charge < -0.3 is 4.74 Å². The van der Waals surface area contributed by atoms with E-state index in [4.69, 9.17) is 16.3 Å². The Morgan fingerprint density at radius 3 is 2.47 bits per heavy atom. The number of esters is 1. The second-order valence-corrected chi connectivity index (χ2v) is 4.56. The van der Waals surface area contributed by atoms with Gasteiger partial charge >= 0.3 is 5.97 Å². The van der Waals surface area contributed by atoms with Crippen LogP contribution in [-0.2, 0) is 10.6 Å². The number of carbonyl (C=O) groups excluding carboxylic acids is 1. The first kappa shape index (κ1) is 12.1. The summed E-state index contributed by atoms with van der Waals surface area (Å²) in [6.07, 6.45) is 0. The van der Waals surface area contributed by atoms with Crippen LogP contribution in [0.5, 0.6) is 0 Å². The highest BCUT2D eigenvalue weighted by molar-refractivity contribution is 6.17. The molecule has 0 N–H and O–H groups in total. The Bertz CT molecular complexity index is 353. The molecule has 2 nitrogen and oxygen atoms in total. The molecule has 0 unspecified atom stereocenters. The molecule has 1 rings (SSSR count). The lowest BCUT2D eigenvalue weighted by atomic mass is 10.1. The predicted molar refractivity (Wildman–Crippen MR) is 61.2 cm³/mol. The van der Waals surface area contributed by atoms with Crippen LogP contribution in [0.2, 0.25) is 0 Å². The quantitative estimate of drug-likeness (QED) is 0.571. The van der Waals surface area contributed by atoms with E-state index in [1.54, 1.807) is 12.1 Å². The van der Waals surface area contributed by atoms with Crippen molar-refractivity contribution in [2.75, 3.05) is 0 Å². The largest absolute Gasteiger partial charge is 0.456 e. The van der Waals surface area contributed by atoms with Crippen molar-refractivity contribution in [3.63, 3.8) is 0 Å². The first-order valence-electron chi connectivity index (χ1n) is 4.81. The van der Waals surface area contributed by atoms with E-state index in [1.165, 1.54) is 0 Å². The molecule has 0 saturated carbocycles. The highest BCUT2D eigenvalue weighted by atomic mass is 35.5. The lowest BCUT2D eigenvalue weighted by molar-refractivity contribution is 0.00687. The molecule has 0 saturated heterocycles. The Labute approximate surface area is 95.2 Å². The summed E-state index contributed by atoms with van der Waals surface area (Å²) < 4.78 is 5.27. The van der Waals surface area contributed by atoms with Crippen molar-refractivity contribution in [1.82, 2.24) is 0 Å². The molecular weight excluding hydrogens is 212 g/mol. The molecule has 0 atom stereocenters. The number of hydrogen-bond donors (Lipinski definition) is 0. The Hall–Kier alpha value is -1.02. The van der Waals surface area contributed by atoms with Crippen LogP contribution in [0.4, 0.5) is 0 Å². The molecule has 0 aliphatic carbocycles. The van der Waals surface area contributed by atoms with Gasteiger partial charge in [-0.05, 0) is 32.4 Å². The average molecular weight is 227 g/mol. The third-order valence-corrected chi connectivity index (χ3v) is 2.07. The van der Waals surface area contributed by atoms with Gasteiger partial charge in [0, 0.05) is 5.88 Å². The highest BCUT2D eigenvalue weighted by Gasteiger charge is 2.19. The van der Waals surface area contributed by atoms with Crippen molar-refractivity contribution in [3.05, 3.63) is 35.4 Å². The highest BCUT2D eigenvalue weighted by Crippen LogP contribution is 2.16. The molecule has 15 heavy (non-hydrogen) atoms. The van der Waals surface area contributed by atoms with E-state index >= 15 is 0 Å². The zero-order chi connectivity index (χ0) is 11.5. The minimum atomic E-state index is -0.476. The standard InChI is InChI=1S/C12H15ClO2/c1-12(2,3)15-11(14)10-7-5-4-6-9(10)8-13/h4-7H,8H2,1-3H3. The summed E-state index contributed by atoms with van der Waals surface area (Å²) in [5.41, 5.74) is 0.868. The van der Waals surface area contributed by atoms with Gasteiger partial charge in [-0.15, -0.1) is 11.6 Å². The van der Waals surface area contributed by atoms with Crippen LogP contribution in [0.15, 0.2) is 24.3 Å². The molecule has 1 aromatic rings. The molecule has 0 radical (unpaired) electrons. The molecule has 1 aromatic carbocycles. The molecule has 82 valence electrons. The first-order chi connectivity index (χ1) is 6.94. The van der Waals surface area contributed by atoms with Crippen molar-refractivity contribution in [2.24, 2.45) is 0 Å². The predicted octanol–water partition coefficient (Wildman–Crippen LogP) is 3.38. The molecule has 0 bridgehead atoms. The molecule has 3 heteroatoms. The van der Waals surface area contributed by atoms with Crippen molar-refractivity contribution in [2.45, 2.75) is 32.3 Å². The monoisotopic (exact) mass is 226 g/mol. The van der Waals surface area contributed by atoms with Crippen molar-refractivity contribution in [1.29, 1.82) is 0 Å². The first-order valence-corrected chi connectivity index (χ1v) is 5.35. The van der Waals surface area contributed by atoms with Gasteiger partial charge in [0.15, 0.2) is 0 Å². The van der Waals surface area contributed by atoms with Gasteiger partial charge in [0.05, 0.1) is 5.56 Å². The average Bonchev–Trinajstić information content (AvgIpc) is 2.15. The number of carbonyl (C=O) groups is 1. The lowest BCUT2D eigenvalue weighted by Gasteiger charge is -2.20. The number of ether oxygens (including phenoxy) is 1. The third-order valence-electron chi connectivity index (χ3n) is 1.78. The second kappa shape index (κ2) is 4.67. The zero-order valence-corrected chi connectivity index (χ0v) is 9.97. The van der Waals surface area contributed by atoms with Crippen molar-refractivity contribution in [3.8, 4) is 0 Å². The molecule has 0 spiro atoms. The SMILES string of the molecule is CC(C)(C)OC(=O)c1ccccc1CCl. The van der Waals surface area contributed by atoms with Gasteiger partial charge in [-0.3, -0.25) is 0 Å². The van der Waals surface area contributed by atoms with E-state index in [0.717, 1.165) is 5.56 Å². The second-order valence-electron chi connectivity index (χ2n) is 4.29. The van der Waals surface area contributed by atoms with Crippen LogP contribution >= 0.6 is 11.6 Å². The van der Waals surface area contributed by atoms with Gasteiger partial charge in [-0.2, -0.15) is 0 Å². The van der Waals surface area contributed by atoms with E-state index in [9.17, 15) is 4.79 Å². The van der Waals surface area contributed by atoms with Crippen LogP contribution in [0.25, 0.3) is 0 Å². The van der Waals surface area contributed by atoms with Crippen LogP contribution in [0, 0.1) is 0 Å². The smallest absolute Gasteiger partial charge is 0.338 e. The molecule has 0 amide bonds. The summed E-state index contributed by atoms with van der Waals surface area (Å²) in [6.45, 7) is 5.52. The molecule has 0 fully saturated rings. The summed E-state index contributed by atoms with van der Waals surface area (Å²) >= 11 is 5.74. The minimum Gasteiger partial charge on any atom is -0.456 e. The van der Waals surface area contributed by atoms with Crippen LogP contribution in [0.1, 0.15) is 36.7 Å². The van der Waals surface area contributed by atoms with Gasteiger partial charge in [-0.1, -0.05) is 18.2 Å². The zero-order valence-electron chi connectivity index (χ0n) is 9.21. The molecular formula is C12H15ClO2. The molecule has 0 aromatic heterocycles. The summed E-state index contributed by atoms with van der Waals surface area (Å²) in [7, 11) is 0. The number of alkyl halides is 1. The fraction of sp³-hybridized carbons (Fsp3) is 0.417. The van der Waals surface area contributed by atoms with Gasteiger partial charge in [0.1, 0.15) is 5.60 Å². The van der Waals surface area contributed by atoms with Crippen LogP contribution < -0.4 is 0 Å². The van der Waals surface area contributed by atoms with E-state index < -0.39 is 5.60 Å². The number of halogens is 1. The fourth-order valence-corrected chi connectivity index (χ4v) is 1.40. The van der Waals surface area contributed by atoms with E-state index in [1.807, 2.05) is 32.9 Å². The lowest BCUT2D eigenvalue weighted by Crippen LogP contribution is -2.24. The van der Waals surface area contributed by atoms with E-state index in [-0.39, 0.29) is 5.97 Å². The maximum atomic E-state index is 11.8. The van der Waals surface area contributed by atoms with E-state index in [0.29, 0.717) is 11.4 Å².